The first-order valence-electron chi connectivity index (χ1n) is 7.54. The maximum absolute atomic E-state index is 11.6. The van der Waals surface area contributed by atoms with Crippen LogP contribution in [0, 0.1) is 0 Å². The molecule has 2 aromatic rings. The number of benzene rings is 2. The Kier molecular flexibility index (Phi) is 8.68. The summed E-state index contributed by atoms with van der Waals surface area (Å²) < 4.78 is 11.1. The van der Waals surface area contributed by atoms with Crippen LogP contribution in [0.5, 0.6) is 17.2 Å². The third-order valence-electron chi connectivity index (χ3n) is 3.31. The first-order valence-corrected chi connectivity index (χ1v) is 7.54. The number of nitrogens with one attached hydrogen (secondary N) is 2. The molecule has 6 heteroatoms. The molecule has 130 valence electrons. The van der Waals surface area contributed by atoms with Crippen molar-refractivity contribution in [2.45, 2.75) is 13.0 Å². The van der Waals surface area contributed by atoms with E-state index in [1.54, 1.807) is 7.11 Å². The topological polar surface area (TPSA) is 59.6 Å². The molecule has 2 rings (SSSR count). The number of halogens is 1. The van der Waals surface area contributed by atoms with Gasteiger partial charge in [0, 0.05) is 19.5 Å². The summed E-state index contributed by atoms with van der Waals surface area (Å²) in [6, 6.07) is 15.1. The maximum atomic E-state index is 11.6. The van der Waals surface area contributed by atoms with Gasteiger partial charge >= 0.3 is 0 Å². The van der Waals surface area contributed by atoms with Crippen molar-refractivity contribution >= 4 is 18.3 Å². The summed E-state index contributed by atoms with van der Waals surface area (Å²) in [5.41, 5.74) is 1.02. The fourth-order valence-electron chi connectivity index (χ4n) is 2.03. The molecule has 0 saturated carbocycles. The summed E-state index contributed by atoms with van der Waals surface area (Å²) in [7, 11) is 3.44. The third-order valence-corrected chi connectivity index (χ3v) is 3.31. The van der Waals surface area contributed by atoms with Crippen molar-refractivity contribution in [1.82, 2.24) is 10.6 Å². The minimum Gasteiger partial charge on any atom is -0.493 e. The molecule has 5 nitrogen and oxygen atoms in total. The minimum atomic E-state index is 0. The zero-order chi connectivity index (χ0) is 16.5. The SMILES string of the molecule is CNCCC(=O)NCc1ccc(Oc2ccccc2OC)cc1.Cl. The number of carbonyl (C=O) groups excluding carboxylic acids is 1. The summed E-state index contributed by atoms with van der Waals surface area (Å²) in [5, 5.41) is 5.83. The van der Waals surface area contributed by atoms with Gasteiger partial charge in [0.25, 0.3) is 0 Å². The molecule has 0 unspecified atom stereocenters. The molecule has 0 aliphatic heterocycles. The van der Waals surface area contributed by atoms with Gasteiger partial charge in [-0.1, -0.05) is 24.3 Å². The van der Waals surface area contributed by atoms with Crippen LogP contribution in [0.2, 0.25) is 0 Å². The van der Waals surface area contributed by atoms with Crippen LogP contribution in [0.25, 0.3) is 0 Å². The first-order chi connectivity index (χ1) is 11.2. The van der Waals surface area contributed by atoms with Crippen LogP contribution in [0.15, 0.2) is 48.5 Å². The first kappa shape index (κ1) is 19.8. The van der Waals surface area contributed by atoms with Crippen LogP contribution in [-0.4, -0.2) is 26.6 Å². The number of hydrogen-bond acceptors (Lipinski definition) is 4. The zero-order valence-corrected chi connectivity index (χ0v) is 14.7. The molecular weight excluding hydrogens is 328 g/mol. The highest BCUT2D eigenvalue weighted by Crippen LogP contribution is 2.30. The van der Waals surface area contributed by atoms with Crippen molar-refractivity contribution in [2.75, 3.05) is 20.7 Å². The fraction of sp³-hybridized carbons (Fsp3) is 0.278. The largest absolute Gasteiger partial charge is 0.493 e. The number of carbonyl (C=O) groups is 1. The second-order valence-corrected chi connectivity index (χ2v) is 5.03. The Labute approximate surface area is 148 Å². The Morgan fingerprint density at radius 1 is 1.04 bits per heavy atom. The molecule has 2 aromatic carbocycles. The van der Waals surface area contributed by atoms with Crippen LogP contribution in [-0.2, 0) is 11.3 Å². The molecule has 0 saturated heterocycles. The molecule has 0 bridgehead atoms. The normalized spacial score (nSPS) is 9.75. The van der Waals surface area contributed by atoms with E-state index in [4.69, 9.17) is 9.47 Å². The molecule has 0 atom stereocenters. The smallest absolute Gasteiger partial charge is 0.221 e. The molecule has 0 aliphatic rings. The van der Waals surface area contributed by atoms with Gasteiger partial charge in [-0.3, -0.25) is 4.79 Å². The number of para-hydroxylation sites is 2. The Balaban J connectivity index is 0.00000288. The molecule has 0 heterocycles. The Bertz CT molecular complexity index is 632. The van der Waals surface area contributed by atoms with Gasteiger partial charge in [0.2, 0.25) is 5.91 Å². The second kappa shape index (κ2) is 10.5. The van der Waals surface area contributed by atoms with Crippen molar-refractivity contribution in [3.8, 4) is 17.2 Å². The maximum Gasteiger partial charge on any atom is 0.221 e. The average molecular weight is 351 g/mol. The highest BCUT2D eigenvalue weighted by molar-refractivity contribution is 5.85. The van der Waals surface area contributed by atoms with Gasteiger partial charge in [-0.05, 0) is 36.9 Å². The lowest BCUT2D eigenvalue weighted by atomic mass is 10.2. The van der Waals surface area contributed by atoms with Crippen LogP contribution in [0.4, 0.5) is 0 Å². The van der Waals surface area contributed by atoms with Gasteiger partial charge in [0.05, 0.1) is 7.11 Å². The van der Waals surface area contributed by atoms with Crippen LogP contribution >= 0.6 is 12.4 Å². The van der Waals surface area contributed by atoms with Gasteiger partial charge in [-0.2, -0.15) is 0 Å². The average Bonchev–Trinajstić information content (AvgIpc) is 2.59. The van der Waals surface area contributed by atoms with Crippen LogP contribution < -0.4 is 20.1 Å². The lowest BCUT2D eigenvalue weighted by Crippen LogP contribution is -2.26. The van der Waals surface area contributed by atoms with E-state index in [9.17, 15) is 4.79 Å². The van der Waals surface area contributed by atoms with E-state index in [1.807, 2.05) is 55.6 Å². The minimum absolute atomic E-state index is 0. The van der Waals surface area contributed by atoms with E-state index in [0.717, 1.165) is 11.3 Å². The summed E-state index contributed by atoms with van der Waals surface area (Å²) >= 11 is 0. The highest BCUT2D eigenvalue weighted by Gasteiger charge is 2.05. The predicted octanol–water partition coefficient (Wildman–Crippen LogP) is 3.14. The van der Waals surface area contributed by atoms with E-state index >= 15 is 0 Å². The van der Waals surface area contributed by atoms with Crippen molar-refractivity contribution in [3.05, 3.63) is 54.1 Å². The van der Waals surface area contributed by atoms with Crippen molar-refractivity contribution in [2.24, 2.45) is 0 Å². The van der Waals surface area contributed by atoms with E-state index < -0.39 is 0 Å². The molecule has 1 amide bonds. The molecule has 0 aliphatic carbocycles. The molecule has 0 aromatic heterocycles. The summed E-state index contributed by atoms with van der Waals surface area (Å²) in [4.78, 5) is 11.6. The lowest BCUT2D eigenvalue weighted by molar-refractivity contribution is -0.121. The number of amides is 1. The number of rotatable bonds is 8. The number of methoxy groups -OCH3 is 1. The Hall–Kier alpha value is -2.24. The van der Waals surface area contributed by atoms with Gasteiger partial charge in [0.15, 0.2) is 11.5 Å². The highest BCUT2D eigenvalue weighted by atomic mass is 35.5. The summed E-state index contributed by atoms with van der Waals surface area (Å²) in [6.07, 6.45) is 0.478. The molecule has 24 heavy (non-hydrogen) atoms. The quantitative estimate of drug-likeness (QED) is 0.768. The van der Waals surface area contributed by atoms with Crippen molar-refractivity contribution in [3.63, 3.8) is 0 Å². The molecule has 0 radical (unpaired) electrons. The summed E-state index contributed by atoms with van der Waals surface area (Å²) in [5.74, 6) is 2.12. The van der Waals surface area contributed by atoms with E-state index in [2.05, 4.69) is 10.6 Å². The number of ether oxygens (including phenoxy) is 2. The summed E-state index contributed by atoms with van der Waals surface area (Å²) in [6.45, 7) is 1.19. The van der Waals surface area contributed by atoms with Crippen molar-refractivity contribution in [1.29, 1.82) is 0 Å². The van der Waals surface area contributed by atoms with Gasteiger partial charge < -0.3 is 20.1 Å². The van der Waals surface area contributed by atoms with Gasteiger partial charge in [-0.15, -0.1) is 12.4 Å². The van der Waals surface area contributed by atoms with E-state index in [0.29, 0.717) is 31.0 Å². The molecule has 2 N–H and O–H groups in total. The molecular formula is C18H23ClN2O3. The lowest BCUT2D eigenvalue weighted by Gasteiger charge is -2.10. The van der Waals surface area contributed by atoms with Crippen LogP contribution in [0.3, 0.4) is 0 Å². The molecule has 0 spiro atoms. The van der Waals surface area contributed by atoms with Crippen LogP contribution in [0.1, 0.15) is 12.0 Å². The van der Waals surface area contributed by atoms with E-state index in [1.165, 1.54) is 0 Å². The van der Waals surface area contributed by atoms with E-state index in [-0.39, 0.29) is 18.3 Å². The Morgan fingerprint density at radius 3 is 2.33 bits per heavy atom. The monoisotopic (exact) mass is 350 g/mol. The zero-order valence-electron chi connectivity index (χ0n) is 13.9. The fourth-order valence-corrected chi connectivity index (χ4v) is 2.03. The standard InChI is InChI=1S/C18H22N2O3.ClH/c1-19-12-11-18(21)20-13-14-7-9-15(10-8-14)23-17-6-4-3-5-16(17)22-2;/h3-10,19H,11-13H2,1-2H3,(H,20,21);1H. The Morgan fingerprint density at radius 2 is 1.71 bits per heavy atom. The van der Waals surface area contributed by atoms with Crippen molar-refractivity contribution < 1.29 is 14.3 Å². The third kappa shape index (κ3) is 6.10. The van der Waals surface area contributed by atoms with Gasteiger partial charge in [0.1, 0.15) is 5.75 Å². The van der Waals surface area contributed by atoms with Gasteiger partial charge in [-0.25, -0.2) is 0 Å². The number of hydrogen-bond donors (Lipinski definition) is 2. The second-order valence-electron chi connectivity index (χ2n) is 5.03. The predicted molar refractivity (Wildman–Crippen MR) is 97.1 cm³/mol. The molecule has 0 fully saturated rings.